The summed E-state index contributed by atoms with van der Waals surface area (Å²) in [5, 5.41) is 1.11. The van der Waals surface area contributed by atoms with E-state index in [1.54, 1.807) is 12.1 Å². The van der Waals surface area contributed by atoms with Crippen LogP contribution >= 0.6 is 45.8 Å². The van der Waals surface area contributed by atoms with E-state index in [-0.39, 0.29) is 24.1 Å². The molecule has 0 bridgehead atoms. The molecule has 1 heterocycles. The summed E-state index contributed by atoms with van der Waals surface area (Å²) in [6, 6.07) is 9.31. The van der Waals surface area contributed by atoms with Gasteiger partial charge in [-0.25, -0.2) is 0 Å². The number of hydrogen-bond acceptors (Lipinski definition) is 5. The molecule has 2 aromatic carbocycles. The van der Waals surface area contributed by atoms with Gasteiger partial charge in [0.05, 0.1) is 10.2 Å². The minimum absolute atomic E-state index is 0.144. The van der Waals surface area contributed by atoms with Crippen molar-refractivity contribution in [3.05, 3.63) is 77.6 Å². The van der Waals surface area contributed by atoms with E-state index >= 15 is 0 Å². The van der Waals surface area contributed by atoms with Crippen LogP contribution in [0.15, 0.2) is 52.9 Å². The number of hydrogen-bond donors (Lipinski definition) is 0. The summed E-state index contributed by atoms with van der Waals surface area (Å²) in [5.41, 5.74) is 5.46. The summed E-state index contributed by atoms with van der Waals surface area (Å²) < 4.78 is 13.1. The molecule has 0 amide bonds. The van der Waals surface area contributed by atoms with Crippen LogP contribution < -0.4 is 9.47 Å². The van der Waals surface area contributed by atoms with Crippen molar-refractivity contribution in [3.63, 3.8) is 0 Å². The van der Waals surface area contributed by atoms with Gasteiger partial charge < -0.3 is 14.4 Å². The van der Waals surface area contributed by atoms with E-state index in [0.29, 0.717) is 41.0 Å². The molecule has 3 aliphatic rings. The highest BCUT2D eigenvalue weighted by Gasteiger charge is 2.43. The number of nitrogens with zero attached hydrogens (tertiary/aromatic N) is 1. The molecule has 0 aromatic heterocycles. The third-order valence-electron chi connectivity index (χ3n) is 7.45. The van der Waals surface area contributed by atoms with E-state index in [9.17, 15) is 9.59 Å². The maximum absolute atomic E-state index is 13.4. The van der Waals surface area contributed by atoms with Crippen molar-refractivity contribution < 1.29 is 19.1 Å². The van der Waals surface area contributed by atoms with E-state index in [0.717, 1.165) is 69.5 Å². The number of allylic oxidation sites excluding steroid dienone is 4. The zero-order valence-electron chi connectivity index (χ0n) is 21.5. The molecule has 1 aliphatic heterocycles. The van der Waals surface area contributed by atoms with Gasteiger partial charge in [-0.05, 0) is 92.0 Å². The lowest BCUT2D eigenvalue weighted by atomic mass is 9.71. The van der Waals surface area contributed by atoms with Crippen LogP contribution in [-0.2, 0) is 16.2 Å². The first-order chi connectivity index (χ1) is 18.3. The molecule has 200 valence electrons. The maximum atomic E-state index is 13.4. The van der Waals surface area contributed by atoms with Crippen LogP contribution in [0.3, 0.4) is 0 Å². The number of carbonyl (C=O) groups is 2. The SMILES string of the molecule is CCOc1cc(C2C3=C(CCCC3=O)N(CC)C3=C2C(=O)CCC3)cc(I)c1OCc1ccc(Cl)cc1Cl. The minimum atomic E-state index is -0.379. The van der Waals surface area contributed by atoms with Crippen molar-refractivity contribution in [1.29, 1.82) is 0 Å². The van der Waals surface area contributed by atoms with Gasteiger partial charge in [0.15, 0.2) is 23.1 Å². The summed E-state index contributed by atoms with van der Waals surface area (Å²) in [4.78, 5) is 29.1. The van der Waals surface area contributed by atoms with Crippen LogP contribution in [0, 0.1) is 3.57 Å². The Morgan fingerprint density at radius 2 is 1.58 bits per heavy atom. The van der Waals surface area contributed by atoms with Crippen molar-refractivity contribution in [3.8, 4) is 11.5 Å². The van der Waals surface area contributed by atoms with Crippen LogP contribution in [0.25, 0.3) is 0 Å². The summed E-state index contributed by atoms with van der Waals surface area (Å²) in [6.07, 6.45) is 4.44. The molecule has 0 unspecified atom stereocenters. The fourth-order valence-electron chi connectivity index (χ4n) is 5.88. The molecule has 0 atom stereocenters. The fourth-order valence-corrected chi connectivity index (χ4v) is 7.12. The minimum Gasteiger partial charge on any atom is -0.490 e. The van der Waals surface area contributed by atoms with Crippen LogP contribution in [0.1, 0.15) is 69.4 Å². The average Bonchev–Trinajstić information content (AvgIpc) is 2.88. The monoisotopic (exact) mass is 665 g/mol. The number of carbonyl (C=O) groups excluding carboxylic acids is 2. The molecule has 5 rings (SSSR count). The number of ketones is 2. The molecule has 5 nitrogen and oxygen atoms in total. The summed E-state index contributed by atoms with van der Waals surface area (Å²) in [7, 11) is 0. The van der Waals surface area contributed by atoms with Gasteiger partial charge in [0.2, 0.25) is 0 Å². The third kappa shape index (κ3) is 5.11. The molecule has 0 N–H and O–H groups in total. The second-order valence-electron chi connectivity index (χ2n) is 9.74. The van der Waals surface area contributed by atoms with Crippen molar-refractivity contribution in [2.75, 3.05) is 13.2 Å². The van der Waals surface area contributed by atoms with Gasteiger partial charge in [-0.15, -0.1) is 0 Å². The maximum Gasteiger partial charge on any atom is 0.174 e. The molecule has 0 radical (unpaired) electrons. The molecule has 0 fully saturated rings. The Hall–Kier alpha value is -2.03. The van der Waals surface area contributed by atoms with Crippen LogP contribution in [0.5, 0.6) is 11.5 Å². The Bertz CT molecular complexity index is 1320. The Labute approximate surface area is 247 Å². The largest absolute Gasteiger partial charge is 0.490 e. The van der Waals surface area contributed by atoms with Gasteiger partial charge in [-0.3, -0.25) is 9.59 Å². The first-order valence-corrected chi connectivity index (χ1v) is 15.0. The van der Waals surface area contributed by atoms with Gasteiger partial charge in [-0.1, -0.05) is 29.3 Å². The number of Topliss-reactive ketones (excluding diaryl/α,β-unsaturated/α-hetero) is 2. The first-order valence-electron chi connectivity index (χ1n) is 13.2. The van der Waals surface area contributed by atoms with E-state index < -0.39 is 0 Å². The summed E-state index contributed by atoms with van der Waals surface area (Å²) in [6.45, 7) is 5.48. The van der Waals surface area contributed by atoms with E-state index in [1.807, 2.05) is 25.1 Å². The Morgan fingerprint density at radius 1 is 0.921 bits per heavy atom. The van der Waals surface area contributed by atoms with Crippen LogP contribution in [0.2, 0.25) is 10.0 Å². The van der Waals surface area contributed by atoms with Gasteiger partial charge in [0, 0.05) is 63.5 Å². The highest BCUT2D eigenvalue weighted by atomic mass is 127. The topological polar surface area (TPSA) is 55.8 Å². The smallest absolute Gasteiger partial charge is 0.174 e. The third-order valence-corrected chi connectivity index (χ3v) is 8.84. The van der Waals surface area contributed by atoms with Crippen LogP contribution in [0.4, 0.5) is 0 Å². The summed E-state index contributed by atoms with van der Waals surface area (Å²) in [5.74, 6) is 1.11. The predicted octanol–water partition coefficient (Wildman–Crippen LogP) is 8.01. The van der Waals surface area contributed by atoms with E-state index in [4.69, 9.17) is 32.7 Å². The quantitative estimate of drug-likeness (QED) is 0.281. The van der Waals surface area contributed by atoms with Gasteiger partial charge in [0.25, 0.3) is 0 Å². The van der Waals surface area contributed by atoms with Gasteiger partial charge in [0.1, 0.15) is 6.61 Å². The predicted molar refractivity (Wildman–Crippen MR) is 158 cm³/mol. The molecular formula is C30H30Cl2INO4. The van der Waals surface area contributed by atoms with E-state index in [1.165, 1.54) is 0 Å². The summed E-state index contributed by atoms with van der Waals surface area (Å²) >= 11 is 14.7. The highest BCUT2D eigenvalue weighted by molar-refractivity contribution is 14.1. The Morgan fingerprint density at radius 3 is 2.16 bits per heavy atom. The molecule has 0 saturated heterocycles. The normalized spacial score (nSPS) is 18.1. The van der Waals surface area contributed by atoms with Crippen molar-refractivity contribution in [2.24, 2.45) is 0 Å². The second-order valence-corrected chi connectivity index (χ2v) is 11.7. The van der Waals surface area contributed by atoms with Crippen molar-refractivity contribution in [1.82, 2.24) is 4.90 Å². The average molecular weight is 666 g/mol. The molecule has 2 aromatic rings. The number of rotatable bonds is 7. The number of benzene rings is 2. The van der Waals surface area contributed by atoms with Gasteiger partial charge >= 0.3 is 0 Å². The number of ether oxygens (including phenoxy) is 2. The number of halogens is 3. The lowest BCUT2D eigenvalue weighted by Gasteiger charge is -2.43. The van der Waals surface area contributed by atoms with Crippen molar-refractivity contribution >= 4 is 57.4 Å². The highest BCUT2D eigenvalue weighted by Crippen LogP contribution is 2.50. The second kappa shape index (κ2) is 11.6. The molecular weight excluding hydrogens is 636 g/mol. The zero-order chi connectivity index (χ0) is 27.0. The zero-order valence-corrected chi connectivity index (χ0v) is 25.2. The van der Waals surface area contributed by atoms with E-state index in [2.05, 4.69) is 34.4 Å². The standard InChI is InChI=1S/C30H30Cl2INO4/c1-3-34-22-7-5-9-24(35)28(22)27(29-23(34)8-6-10-25(29)36)18-13-21(33)30(26(14-18)37-4-2)38-16-17-11-12-19(31)15-20(17)32/h11-15,27H,3-10,16H2,1-2H3. The molecule has 38 heavy (non-hydrogen) atoms. The lowest BCUT2D eigenvalue weighted by Crippen LogP contribution is -2.39. The molecule has 0 saturated carbocycles. The van der Waals surface area contributed by atoms with Gasteiger partial charge in [-0.2, -0.15) is 0 Å². The van der Waals surface area contributed by atoms with Crippen molar-refractivity contribution in [2.45, 2.75) is 64.9 Å². The first kappa shape index (κ1) is 27.5. The molecule has 2 aliphatic carbocycles. The van der Waals surface area contributed by atoms with Crippen LogP contribution in [-0.4, -0.2) is 29.6 Å². The molecule has 8 heteroatoms. The Kier molecular flexibility index (Phi) is 8.41. The molecule has 0 spiro atoms. The Balaban J connectivity index is 1.60. The lowest BCUT2D eigenvalue weighted by molar-refractivity contribution is -0.117. The fraction of sp³-hybridized carbons (Fsp3) is 0.400.